The van der Waals surface area contributed by atoms with Crippen LogP contribution in [-0.2, 0) is 11.3 Å². The van der Waals surface area contributed by atoms with E-state index in [9.17, 15) is 9.59 Å². The van der Waals surface area contributed by atoms with E-state index in [1.54, 1.807) is 31.9 Å². The van der Waals surface area contributed by atoms with Gasteiger partial charge >= 0.3 is 0 Å². The van der Waals surface area contributed by atoms with E-state index in [-0.39, 0.29) is 17.7 Å². The van der Waals surface area contributed by atoms with Crippen molar-refractivity contribution in [1.29, 1.82) is 0 Å². The Labute approximate surface area is 228 Å². The summed E-state index contributed by atoms with van der Waals surface area (Å²) in [6.07, 6.45) is 1.61. The van der Waals surface area contributed by atoms with E-state index in [4.69, 9.17) is 19.4 Å². The molecule has 39 heavy (non-hydrogen) atoms. The summed E-state index contributed by atoms with van der Waals surface area (Å²) in [7, 11) is 3.19. The predicted molar refractivity (Wildman–Crippen MR) is 149 cm³/mol. The molecule has 200 valence electrons. The van der Waals surface area contributed by atoms with Crippen molar-refractivity contribution >= 4 is 56.6 Å². The predicted octanol–water partition coefficient (Wildman–Crippen LogP) is 3.95. The highest BCUT2D eigenvalue weighted by Crippen LogP contribution is 2.34. The summed E-state index contributed by atoms with van der Waals surface area (Å²) in [4.78, 5) is 41.9. The number of fused-ring (bicyclic) bond motifs is 2. The first-order valence-electron chi connectivity index (χ1n) is 12.6. The number of aromatic nitrogens is 3. The van der Waals surface area contributed by atoms with Gasteiger partial charge in [0.15, 0.2) is 22.1 Å². The first-order valence-corrected chi connectivity index (χ1v) is 13.5. The molecule has 2 aromatic heterocycles. The van der Waals surface area contributed by atoms with Crippen molar-refractivity contribution in [3.05, 3.63) is 53.0 Å². The number of ether oxygens (including phenoxy) is 2. The van der Waals surface area contributed by atoms with E-state index in [0.717, 1.165) is 35.5 Å². The van der Waals surface area contributed by atoms with Crippen LogP contribution in [0.1, 0.15) is 28.8 Å². The first-order chi connectivity index (χ1) is 19.0. The molecule has 2 amide bonds. The lowest BCUT2D eigenvalue weighted by molar-refractivity contribution is -0.120. The number of rotatable bonds is 7. The number of thiazole rings is 1. The van der Waals surface area contributed by atoms with Crippen molar-refractivity contribution in [1.82, 2.24) is 20.3 Å². The second kappa shape index (κ2) is 10.4. The lowest BCUT2D eigenvalue weighted by atomic mass is 9.97. The van der Waals surface area contributed by atoms with Crippen molar-refractivity contribution in [2.24, 2.45) is 5.92 Å². The Morgan fingerprint density at radius 3 is 2.79 bits per heavy atom. The van der Waals surface area contributed by atoms with Crippen LogP contribution in [0.25, 0.3) is 10.3 Å². The number of methoxy groups -OCH3 is 2. The maximum absolute atomic E-state index is 13.2. The lowest BCUT2D eigenvalue weighted by Gasteiger charge is -2.32. The van der Waals surface area contributed by atoms with E-state index in [1.807, 2.05) is 24.3 Å². The number of carbonyl (C=O) groups is 2. The molecule has 4 heterocycles. The van der Waals surface area contributed by atoms with Crippen LogP contribution in [0.2, 0.25) is 0 Å². The molecule has 0 spiro atoms. The topological polar surface area (TPSA) is 131 Å². The van der Waals surface area contributed by atoms with Crippen LogP contribution in [0.15, 0.2) is 41.9 Å². The van der Waals surface area contributed by atoms with Crippen molar-refractivity contribution in [2.75, 3.05) is 42.8 Å². The zero-order valence-corrected chi connectivity index (χ0v) is 22.3. The number of nitrogens with one attached hydrogen (secondary N) is 3. The number of hydrogen-bond donors (Lipinski definition) is 3. The molecular formula is C27H27N7O4S. The minimum atomic E-state index is -0.227. The Bertz CT molecular complexity index is 1570. The average molecular weight is 546 g/mol. The highest BCUT2D eigenvalue weighted by atomic mass is 32.1. The molecule has 2 aromatic carbocycles. The Balaban J connectivity index is 1.21. The van der Waals surface area contributed by atoms with Crippen LogP contribution in [0, 0.1) is 5.92 Å². The molecule has 1 saturated heterocycles. The quantitative estimate of drug-likeness (QED) is 0.316. The summed E-state index contributed by atoms with van der Waals surface area (Å²) >= 11 is 1.44. The maximum atomic E-state index is 13.2. The molecule has 1 unspecified atom stereocenters. The second-order valence-corrected chi connectivity index (χ2v) is 10.2. The summed E-state index contributed by atoms with van der Waals surface area (Å²) in [6, 6.07) is 10.9. The van der Waals surface area contributed by atoms with E-state index >= 15 is 0 Å². The molecule has 0 radical (unpaired) electrons. The van der Waals surface area contributed by atoms with Gasteiger partial charge in [-0.2, -0.15) is 9.97 Å². The fourth-order valence-corrected chi connectivity index (χ4v) is 5.61. The highest BCUT2D eigenvalue weighted by Gasteiger charge is 2.29. The van der Waals surface area contributed by atoms with E-state index < -0.39 is 0 Å². The molecule has 4 aromatic rings. The van der Waals surface area contributed by atoms with Crippen LogP contribution in [0.4, 0.5) is 23.1 Å². The zero-order chi connectivity index (χ0) is 26.9. The molecule has 0 aliphatic carbocycles. The van der Waals surface area contributed by atoms with Crippen LogP contribution >= 0.6 is 11.3 Å². The zero-order valence-electron chi connectivity index (χ0n) is 21.5. The molecule has 0 saturated carbocycles. The highest BCUT2D eigenvalue weighted by molar-refractivity contribution is 7.16. The van der Waals surface area contributed by atoms with Gasteiger partial charge in [0.05, 0.1) is 25.6 Å². The maximum Gasteiger partial charge on any atom is 0.251 e. The van der Waals surface area contributed by atoms with Gasteiger partial charge in [0.25, 0.3) is 5.91 Å². The number of hydrogen-bond acceptors (Lipinski definition) is 10. The van der Waals surface area contributed by atoms with E-state index in [1.165, 1.54) is 11.3 Å². The van der Waals surface area contributed by atoms with Crippen LogP contribution < -0.4 is 30.3 Å². The van der Waals surface area contributed by atoms with Gasteiger partial charge in [0.1, 0.15) is 5.52 Å². The summed E-state index contributed by atoms with van der Waals surface area (Å²) in [5.41, 5.74) is 5.43. The van der Waals surface area contributed by atoms with E-state index in [2.05, 4.69) is 25.8 Å². The van der Waals surface area contributed by atoms with Gasteiger partial charge in [-0.25, -0.2) is 4.98 Å². The standard InChI is InChI=1S/C27H27N7O4S/c1-37-20-8-6-18(11-21(20)38-2)30-23-22-26(39-14-29-22)33-27(32-23)34-9-3-4-15(13-34)24(35)31-17-5-7-19-16(10-17)12-28-25(19)36/h5-8,10-11,14-15H,3-4,9,12-13H2,1-2H3,(H,28,36)(H,31,35)(H,30,32,33). The van der Waals surface area contributed by atoms with Gasteiger partial charge in [0.2, 0.25) is 11.9 Å². The number of benzene rings is 2. The summed E-state index contributed by atoms with van der Waals surface area (Å²) in [5.74, 6) is 2.00. The lowest BCUT2D eigenvalue weighted by Crippen LogP contribution is -2.41. The summed E-state index contributed by atoms with van der Waals surface area (Å²) in [5, 5.41) is 9.18. The number of anilines is 4. The fraction of sp³-hybridized carbons (Fsp3) is 0.296. The monoisotopic (exact) mass is 545 g/mol. The van der Waals surface area contributed by atoms with Crippen LogP contribution in [0.3, 0.4) is 0 Å². The van der Waals surface area contributed by atoms with Crippen LogP contribution in [0.5, 0.6) is 11.5 Å². The molecule has 2 aliphatic heterocycles. The molecule has 1 fully saturated rings. The van der Waals surface area contributed by atoms with Gasteiger partial charge in [-0.05, 0) is 48.7 Å². The number of carbonyl (C=O) groups excluding carboxylic acids is 2. The third-order valence-electron chi connectivity index (χ3n) is 6.96. The van der Waals surface area contributed by atoms with Crippen molar-refractivity contribution in [3.63, 3.8) is 0 Å². The smallest absolute Gasteiger partial charge is 0.251 e. The van der Waals surface area contributed by atoms with Crippen molar-refractivity contribution < 1.29 is 19.1 Å². The first kappa shape index (κ1) is 24.9. The minimum Gasteiger partial charge on any atom is -0.493 e. The number of piperidine rings is 1. The third kappa shape index (κ3) is 4.90. The average Bonchev–Trinajstić information content (AvgIpc) is 3.59. The van der Waals surface area contributed by atoms with Gasteiger partial charge in [-0.3, -0.25) is 9.59 Å². The summed E-state index contributed by atoms with van der Waals surface area (Å²) in [6.45, 7) is 1.72. The Hall–Kier alpha value is -4.45. The molecule has 0 bridgehead atoms. The largest absolute Gasteiger partial charge is 0.493 e. The molecular weight excluding hydrogens is 518 g/mol. The normalized spacial score (nSPS) is 16.5. The third-order valence-corrected chi connectivity index (χ3v) is 7.68. The molecule has 3 N–H and O–H groups in total. The van der Waals surface area contributed by atoms with Gasteiger partial charge in [-0.15, -0.1) is 11.3 Å². The molecule has 12 heteroatoms. The Morgan fingerprint density at radius 1 is 1.10 bits per heavy atom. The number of nitrogens with zero attached hydrogens (tertiary/aromatic N) is 4. The Kier molecular flexibility index (Phi) is 6.61. The minimum absolute atomic E-state index is 0.0560. The molecule has 2 aliphatic rings. The van der Waals surface area contributed by atoms with Crippen molar-refractivity contribution in [2.45, 2.75) is 19.4 Å². The Morgan fingerprint density at radius 2 is 1.95 bits per heavy atom. The van der Waals surface area contributed by atoms with Crippen molar-refractivity contribution in [3.8, 4) is 11.5 Å². The molecule has 6 rings (SSSR count). The fourth-order valence-electron chi connectivity index (χ4n) is 4.96. The van der Waals surface area contributed by atoms with Gasteiger partial charge in [-0.1, -0.05) is 0 Å². The second-order valence-electron chi connectivity index (χ2n) is 9.40. The molecule has 1 atom stereocenters. The van der Waals surface area contributed by atoms with Crippen LogP contribution in [-0.4, -0.2) is 54.1 Å². The summed E-state index contributed by atoms with van der Waals surface area (Å²) < 4.78 is 10.8. The van der Waals surface area contributed by atoms with Gasteiger partial charge in [0, 0.05) is 42.6 Å². The SMILES string of the molecule is COc1ccc(Nc2nc(N3CCCC(C(=O)Nc4ccc5c(c4)CNC5=O)C3)nc3scnc23)cc1OC. The van der Waals surface area contributed by atoms with Gasteiger partial charge < -0.3 is 30.3 Å². The van der Waals surface area contributed by atoms with E-state index in [0.29, 0.717) is 53.1 Å². The number of amides is 2. The molecule has 11 nitrogen and oxygen atoms in total.